The van der Waals surface area contributed by atoms with E-state index in [1.165, 1.54) is 16.7 Å². The van der Waals surface area contributed by atoms with E-state index in [0.717, 1.165) is 16.0 Å². The van der Waals surface area contributed by atoms with Gasteiger partial charge in [-0.15, -0.1) is 11.8 Å². The van der Waals surface area contributed by atoms with E-state index in [1.54, 1.807) is 6.92 Å². The van der Waals surface area contributed by atoms with Gasteiger partial charge in [0.2, 0.25) is 5.91 Å². The van der Waals surface area contributed by atoms with Gasteiger partial charge in [0.25, 0.3) is 0 Å². The quantitative estimate of drug-likeness (QED) is 0.607. The van der Waals surface area contributed by atoms with Crippen LogP contribution >= 0.6 is 11.8 Å². The van der Waals surface area contributed by atoms with Gasteiger partial charge in [0.15, 0.2) is 12.4 Å². The Bertz CT molecular complexity index is 754. The van der Waals surface area contributed by atoms with Crippen LogP contribution in [0.3, 0.4) is 0 Å². The molecule has 4 atom stereocenters. The Morgan fingerprint density at radius 3 is 2.68 bits per heavy atom. The summed E-state index contributed by atoms with van der Waals surface area (Å²) >= 11 is 1.47. The lowest BCUT2D eigenvalue weighted by atomic mass is 9.79. The van der Waals surface area contributed by atoms with Crippen LogP contribution in [0.15, 0.2) is 29.1 Å². The zero-order valence-corrected chi connectivity index (χ0v) is 15.6. The van der Waals surface area contributed by atoms with Gasteiger partial charge < -0.3 is 15.1 Å². The summed E-state index contributed by atoms with van der Waals surface area (Å²) in [5.74, 6) is -1.34. The number of rotatable bonds is 5. The van der Waals surface area contributed by atoms with E-state index in [-0.39, 0.29) is 23.6 Å². The van der Waals surface area contributed by atoms with Gasteiger partial charge in [-0.05, 0) is 19.9 Å². The number of thioether (sulfide) groups is 1. The van der Waals surface area contributed by atoms with Crippen molar-refractivity contribution >= 4 is 23.6 Å². The molecule has 0 aromatic carbocycles. The first-order chi connectivity index (χ1) is 11.7. The molecule has 2 aliphatic heterocycles. The highest BCUT2D eigenvalue weighted by Gasteiger charge is 2.59. The largest absolute Gasteiger partial charge is 0.477 e. The van der Waals surface area contributed by atoms with E-state index in [4.69, 9.17) is 0 Å². The van der Waals surface area contributed by atoms with Gasteiger partial charge in [0.1, 0.15) is 12.7 Å². The van der Waals surface area contributed by atoms with Crippen molar-refractivity contribution in [2.24, 2.45) is 18.9 Å². The molecule has 1 aromatic heterocycles. The minimum Gasteiger partial charge on any atom is -0.477 e. The van der Waals surface area contributed by atoms with Crippen LogP contribution < -0.4 is 4.57 Å². The first kappa shape index (κ1) is 17.9. The predicted molar refractivity (Wildman–Crippen MR) is 93.3 cm³/mol. The van der Waals surface area contributed by atoms with Crippen molar-refractivity contribution in [1.29, 1.82) is 0 Å². The molecule has 2 N–H and O–H groups in total. The minimum absolute atomic E-state index is 0.0847. The van der Waals surface area contributed by atoms with Gasteiger partial charge in [0, 0.05) is 27.7 Å². The number of aliphatic hydroxyl groups is 1. The number of carbonyl (C=O) groups is 2. The second kappa shape index (κ2) is 6.46. The number of aliphatic carboxylic acids is 1. The van der Waals surface area contributed by atoms with Crippen LogP contribution in [0.25, 0.3) is 0 Å². The lowest BCUT2D eigenvalue weighted by Gasteiger charge is -2.46. The Morgan fingerprint density at radius 2 is 2.12 bits per heavy atom. The Balaban J connectivity index is 1.86. The van der Waals surface area contributed by atoms with E-state index in [2.05, 4.69) is 6.07 Å². The second-order valence-electron chi connectivity index (χ2n) is 6.95. The van der Waals surface area contributed by atoms with Crippen LogP contribution in [0.1, 0.15) is 25.0 Å². The molecule has 2 unspecified atom stereocenters. The van der Waals surface area contributed by atoms with Gasteiger partial charge in [-0.25, -0.2) is 9.36 Å². The van der Waals surface area contributed by atoms with Gasteiger partial charge >= 0.3 is 5.97 Å². The molecule has 0 bridgehead atoms. The Kier molecular flexibility index (Phi) is 4.64. The molecule has 3 heterocycles. The number of hydrogen-bond donors (Lipinski definition) is 2. The van der Waals surface area contributed by atoms with Crippen molar-refractivity contribution in [2.45, 2.75) is 38.7 Å². The first-order valence-electron chi connectivity index (χ1n) is 8.29. The molecule has 1 amide bonds. The van der Waals surface area contributed by atoms with Gasteiger partial charge in [-0.2, -0.15) is 0 Å². The molecule has 0 saturated carbocycles. The SMILES string of the molecule is Cc1cc(CSC2=C(C(=O)O)N3C(=O)C([C@@H](C)O)C3[C@H]2C)c[n+](C)c1. The van der Waals surface area contributed by atoms with Crippen LogP contribution in [-0.4, -0.2) is 39.1 Å². The molecular weight excluding hydrogens is 340 g/mol. The molecule has 1 saturated heterocycles. The summed E-state index contributed by atoms with van der Waals surface area (Å²) in [4.78, 5) is 26.2. The van der Waals surface area contributed by atoms with Crippen molar-refractivity contribution in [2.75, 3.05) is 0 Å². The summed E-state index contributed by atoms with van der Waals surface area (Å²) < 4.78 is 1.98. The second-order valence-corrected chi connectivity index (χ2v) is 7.96. The van der Waals surface area contributed by atoms with Crippen LogP contribution in [0.4, 0.5) is 0 Å². The normalized spacial score (nSPS) is 26.5. The molecule has 1 fully saturated rings. The first-order valence-corrected chi connectivity index (χ1v) is 9.28. The van der Waals surface area contributed by atoms with Crippen molar-refractivity contribution in [3.8, 4) is 0 Å². The molecule has 25 heavy (non-hydrogen) atoms. The summed E-state index contributed by atoms with van der Waals surface area (Å²) in [7, 11) is 1.96. The van der Waals surface area contributed by atoms with Crippen LogP contribution in [0.2, 0.25) is 0 Å². The molecular formula is C18H23N2O4S+. The molecule has 1 aromatic rings. The Labute approximate surface area is 151 Å². The van der Waals surface area contributed by atoms with E-state index in [1.807, 2.05) is 37.9 Å². The highest BCUT2D eigenvalue weighted by molar-refractivity contribution is 8.02. The lowest BCUT2D eigenvalue weighted by Crippen LogP contribution is -2.63. The highest BCUT2D eigenvalue weighted by atomic mass is 32.2. The van der Waals surface area contributed by atoms with Gasteiger partial charge in [0.05, 0.1) is 18.1 Å². The van der Waals surface area contributed by atoms with Crippen LogP contribution in [0, 0.1) is 18.8 Å². The number of amides is 1. The smallest absolute Gasteiger partial charge is 0.353 e. The van der Waals surface area contributed by atoms with Crippen molar-refractivity contribution in [3.05, 3.63) is 40.2 Å². The van der Waals surface area contributed by atoms with Crippen LogP contribution in [-0.2, 0) is 22.4 Å². The summed E-state index contributed by atoms with van der Waals surface area (Å²) in [6.07, 6.45) is 3.26. The number of aliphatic hydroxyl groups excluding tert-OH is 1. The van der Waals surface area contributed by atoms with Crippen molar-refractivity contribution < 1.29 is 24.4 Å². The summed E-state index contributed by atoms with van der Waals surface area (Å²) in [6.45, 7) is 5.55. The fourth-order valence-electron chi connectivity index (χ4n) is 3.94. The van der Waals surface area contributed by atoms with E-state index < -0.39 is 18.0 Å². The van der Waals surface area contributed by atoms with E-state index in [0.29, 0.717) is 5.75 Å². The standard InChI is InChI=1S/C18H22N2O4S/c1-9-5-12(7-19(4)6-9)8-25-16-10(2)14-13(11(3)21)17(22)20(14)15(16)18(23)24/h5-7,10-11,13-14,21H,8H2,1-4H3/p+1/t10-,11-,13?,14?/m1/s1. The third-order valence-corrected chi connectivity index (χ3v) is 6.25. The number of hydrogen-bond acceptors (Lipinski definition) is 4. The topological polar surface area (TPSA) is 81.7 Å². The minimum atomic E-state index is -1.08. The third kappa shape index (κ3) is 2.95. The molecule has 0 spiro atoms. The average molecular weight is 363 g/mol. The number of fused-ring (bicyclic) bond motifs is 1. The fourth-order valence-corrected chi connectivity index (χ4v) is 5.15. The summed E-state index contributed by atoms with van der Waals surface area (Å²) in [5.41, 5.74) is 2.33. The maximum absolute atomic E-state index is 12.3. The predicted octanol–water partition coefficient (Wildman–Crippen LogP) is 1.21. The van der Waals surface area contributed by atoms with E-state index >= 15 is 0 Å². The molecule has 2 aliphatic rings. The molecule has 6 nitrogen and oxygen atoms in total. The van der Waals surface area contributed by atoms with E-state index in [9.17, 15) is 19.8 Å². The Morgan fingerprint density at radius 1 is 1.44 bits per heavy atom. The zero-order chi connectivity index (χ0) is 18.5. The molecule has 0 radical (unpaired) electrons. The summed E-state index contributed by atoms with van der Waals surface area (Å²) in [5, 5.41) is 19.5. The number of aryl methyl sites for hydroxylation is 2. The number of carbonyl (C=O) groups excluding carboxylic acids is 1. The molecule has 0 aliphatic carbocycles. The lowest BCUT2D eigenvalue weighted by molar-refractivity contribution is -0.672. The summed E-state index contributed by atoms with van der Waals surface area (Å²) in [6, 6.07) is 1.82. The number of carboxylic acid groups (broad SMARTS) is 1. The fraction of sp³-hybridized carbons (Fsp3) is 0.500. The number of carboxylic acids is 1. The number of nitrogens with zero attached hydrogens (tertiary/aromatic N) is 2. The average Bonchev–Trinajstić information content (AvgIpc) is 2.73. The number of aromatic nitrogens is 1. The molecule has 134 valence electrons. The zero-order valence-electron chi connectivity index (χ0n) is 14.8. The molecule has 7 heteroatoms. The maximum Gasteiger partial charge on any atom is 0.353 e. The maximum atomic E-state index is 12.3. The monoisotopic (exact) mass is 363 g/mol. The third-order valence-electron chi connectivity index (χ3n) is 4.90. The van der Waals surface area contributed by atoms with Gasteiger partial charge in [-0.3, -0.25) is 4.79 Å². The van der Waals surface area contributed by atoms with Crippen LogP contribution in [0.5, 0.6) is 0 Å². The van der Waals surface area contributed by atoms with Crippen molar-refractivity contribution in [3.63, 3.8) is 0 Å². The van der Waals surface area contributed by atoms with Crippen molar-refractivity contribution in [1.82, 2.24) is 4.90 Å². The number of pyridine rings is 1. The number of β-lactam (4-membered cyclic amide) rings is 1. The highest BCUT2D eigenvalue weighted by Crippen LogP contribution is 2.50. The Hall–Kier alpha value is -1.86. The van der Waals surface area contributed by atoms with Gasteiger partial charge in [-0.1, -0.05) is 6.92 Å². The molecule has 3 rings (SSSR count).